The van der Waals surface area contributed by atoms with Crippen molar-refractivity contribution in [3.05, 3.63) is 30.1 Å². The van der Waals surface area contributed by atoms with E-state index in [-0.39, 0.29) is 12.3 Å². The Morgan fingerprint density at radius 1 is 1.64 bits per heavy atom. The van der Waals surface area contributed by atoms with Gasteiger partial charge in [0.1, 0.15) is 0 Å². The lowest BCUT2D eigenvalue weighted by Crippen LogP contribution is -2.35. The number of rotatable bonds is 3. The van der Waals surface area contributed by atoms with Gasteiger partial charge in [-0.15, -0.1) is 0 Å². The largest absolute Gasteiger partial charge is 0.322 e. The summed E-state index contributed by atoms with van der Waals surface area (Å²) in [6, 6.07) is 5.02. The second-order valence-electron chi connectivity index (χ2n) is 3.07. The lowest BCUT2D eigenvalue weighted by molar-refractivity contribution is -0.130. The number of nitrogens with zero attached hydrogens (tertiary/aromatic N) is 2. The first-order chi connectivity index (χ1) is 6.61. The van der Waals surface area contributed by atoms with Gasteiger partial charge in [0.05, 0.1) is 11.7 Å². The van der Waals surface area contributed by atoms with Crippen LogP contribution in [-0.2, 0) is 4.79 Å². The van der Waals surface area contributed by atoms with Crippen molar-refractivity contribution in [2.45, 2.75) is 12.5 Å². The van der Waals surface area contributed by atoms with E-state index in [0.29, 0.717) is 5.69 Å². The zero-order chi connectivity index (χ0) is 10.6. The van der Waals surface area contributed by atoms with E-state index < -0.39 is 6.04 Å². The van der Waals surface area contributed by atoms with Gasteiger partial charge in [0, 0.05) is 19.7 Å². The van der Waals surface area contributed by atoms with E-state index in [1.807, 2.05) is 6.07 Å². The molecular weight excluding hydrogens is 180 g/mol. The highest BCUT2D eigenvalue weighted by Gasteiger charge is 2.13. The molecule has 1 unspecified atom stereocenters. The van der Waals surface area contributed by atoms with Crippen molar-refractivity contribution in [3.8, 4) is 0 Å². The molecule has 76 valence electrons. The van der Waals surface area contributed by atoms with Gasteiger partial charge in [0.2, 0.25) is 5.91 Å². The number of nitrogens with two attached hydrogens (primary N) is 2. The third-order valence-electron chi connectivity index (χ3n) is 1.86. The molecule has 1 aromatic heterocycles. The fourth-order valence-electron chi connectivity index (χ4n) is 1.03. The zero-order valence-corrected chi connectivity index (χ0v) is 8.05. The predicted molar refractivity (Wildman–Crippen MR) is 52.7 cm³/mol. The molecule has 0 saturated heterocycles. The fourth-order valence-corrected chi connectivity index (χ4v) is 1.03. The molecule has 1 rings (SSSR count). The minimum Gasteiger partial charge on any atom is -0.322 e. The van der Waals surface area contributed by atoms with Crippen LogP contribution in [0.25, 0.3) is 0 Å². The predicted octanol–water partition coefficient (Wildman–Crippen LogP) is -0.196. The second-order valence-corrected chi connectivity index (χ2v) is 3.07. The first-order valence-electron chi connectivity index (χ1n) is 4.29. The highest BCUT2D eigenvalue weighted by Crippen LogP contribution is 2.10. The van der Waals surface area contributed by atoms with Gasteiger partial charge in [-0.1, -0.05) is 6.07 Å². The summed E-state index contributed by atoms with van der Waals surface area (Å²) < 4.78 is 0. The third kappa shape index (κ3) is 2.79. The van der Waals surface area contributed by atoms with E-state index in [1.165, 1.54) is 7.05 Å². The topological polar surface area (TPSA) is 85.2 Å². The van der Waals surface area contributed by atoms with Crippen LogP contribution < -0.4 is 11.6 Å². The molecule has 0 aliphatic carbocycles. The van der Waals surface area contributed by atoms with Gasteiger partial charge in [-0.05, 0) is 12.1 Å². The molecule has 0 fully saturated rings. The standard InChI is InChI=1S/C9H14N4O/c1-13(11)9(14)6-7(10)8-4-2-3-5-12-8/h2-5,7H,6,10-11H2,1H3. The highest BCUT2D eigenvalue weighted by atomic mass is 16.2. The molecule has 14 heavy (non-hydrogen) atoms. The van der Waals surface area contributed by atoms with E-state index in [1.54, 1.807) is 18.3 Å². The van der Waals surface area contributed by atoms with Crippen molar-refractivity contribution in [2.75, 3.05) is 7.05 Å². The lowest BCUT2D eigenvalue weighted by atomic mass is 10.1. The summed E-state index contributed by atoms with van der Waals surface area (Å²) in [6.07, 6.45) is 1.82. The summed E-state index contributed by atoms with van der Waals surface area (Å²) in [5.41, 5.74) is 6.47. The van der Waals surface area contributed by atoms with Crippen LogP contribution in [0.4, 0.5) is 0 Å². The Kier molecular flexibility index (Phi) is 3.55. The summed E-state index contributed by atoms with van der Waals surface area (Å²) in [5, 5.41) is 1.03. The quantitative estimate of drug-likeness (QED) is 0.396. The van der Waals surface area contributed by atoms with Crippen LogP contribution in [0.2, 0.25) is 0 Å². The van der Waals surface area contributed by atoms with Gasteiger partial charge in [-0.2, -0.15) is 0 Å². The molecule has 0 aliphatic rings. The molecule has 1 amide bonds. The van der Waals surface area contributed by atoms with E-state index in [4.69, 9.17) is 11.6 Å². The van der Waals surface area contributed by atoms with Gasteiger partial charge in [-0.3, -0.25) is 14.8 Å². The van der Waals surface area contributed by atoms with Gasteiger partial charge in [0.15, 0.2) is 0 Å². The molecule has 0 saturated carbocycles. The summed E-state index contributed by atoms with van der Waals surface area (Å²) in [6.45, 7) is 0. The molecule has 0 aromatic carbocycles. The Morgan fingerprint density at radius 2 is 2.36 bits per heavy atom. The minimum atomic E-state index is -0.394. The Labute approximate surface area is 82.7 Å². The summed E-state index contributed by atoms with van der Waals surface area (Å²) in [7, 11) is 1.49. The van der Waals surface area contributed by atoms with Gasteiger partial charge >= 0.3 is 0 Å². The maximum atomic E-state index is 11.2. The van der Waals surface area contributed by atoms with E-state index in [0.717, 1.165) is 5.01 Å². The van der Waals surface area contributed by atoms with Gasteiger partial charge in [0.25, 0.3) is 0 Å². The van der Waals surface area contributed by atoms with Crippen molar-refractivity contribution >= 4 is 5.91 Å². The minimum absolute atomic E-state index is 0.171. The SMILES string of the molecule is CN(N)C(=O)CC(N)c1ccccn1. The molecule has 0 spiro atoms. The maximum absolute atomic E-state index is 11.2. The average molecular weight is 194 g/mol. The van der Waals surface area contributed by atoms with Crippen LogP contribution in [0, 0.1) is 0 Å². The lowest BCUT2D eigenvalue weighted by Gasteiger charge is -2.14. The Morgan fingerprint density at radius 3 is 2.86 bits per heavy atom. The van der Waals surface area contributed by atoms with Crippen molar-refractivity contribution in [3.63, 3.8) is 0 Å². The molecule has 5 nitrogen and oxygen atoms in total. The molecule has 1 aromatic rings. The molecule has 0 bridgehead atoms. The molecule has 5 heteroatoms. The summed E-state index contributed by atoms with van der Waals surface area (Å²) in [4.78, 5) is 15.3. The molecule has 4 N–H and O–H groups in total. The van der Waals surface area contributed by atoms with Crippen LogP contribution in [0.5, 0.6) is 0 Å². The first-order valence-corrected chi connectivity index (χ1v) is 4.29. The van der Waals surface area contributed by atoms with Gasteiger partial charge < -0.3 is 5.73 Å². The normalized spacial score (nSPS) is 12.2. The van der Waals surface area contributed by atoms with Gasteiger partial charge in [-0.25, -0.2) is 5.84 Å². The fraction of sp³-hybridized carbons (Fsp3) is 0.333. The number of amides is 1. The Balaban J connectivity index is 2.59. The number of pyridine rings is 1. The zero-order valence-electron chi connectivity index (χ0n) is 8.05. The summed E-state index contributed by atoms with van der Waals surface area (Å²) >= 11 is 0. The van der Waals surface area contributed by atoms with E-state index in [9.17, 15) is 4.79 Å². The van der Waals surface area contributed by atoms with Crippen LogP contribution in [-0.4, -0.2) is 22.9 Å². The van der Waals surface area contributed by atoms with Crippen molar-refractivity contribution in [2.24, 2.45) is 11.6 Å². The monoisotopic (exact) mass is 194 g/mol. The van der Waals surface area contributed by atoms with E-state index in [2.05, 4.69) is 4.98 Å². The van der Waals surface area contributed by atoms with Crippen LogP contribution >= 0.6 is 0 Å². The number of carbonyl (C=O) groups excluding carboxylic acids is 1. The molecular formula is C9H14N4O. The molecule has 1 atom stereocenters. The Bertz CT molecular complexity index is 299. The summed E-state index contributed by atoms with van der Waals surface area (Å²) in [5.74, 6) is 5.06. The number of aromatic nitrogens is 1. The average Bonchev–Trinajstić information content (AvgIpc) is 2.19. The number of hydrogen-bond donors (Lipinski definition) is 2. The van der Waals surface area contributed by atoms with Crippen LogP contribution in [0.15, 0.2) is 24.4 Å². The first kappa shape index (κ1) is 10.6. The number of hydrazine groups is 1. The molecule has 0 aliphatic heterocycles. The van der Waals surface area contributed by atoms with Crippen molar-refractivity contribution < 1.29 is 4.79 Å². The smallest absolute Gasteiger partial charge is 0.238 e. The highest BCUT2D eigenvalue weighted by molar-refractivity contribution is 5.75. The number of hydrogen-bond acceptors (Lipinski definition) is 4. The number of carbonyl (C=O) groups is 1. The van der Waals surface area contributed by atoms with E-state index >= 15 is 0 Å². The third-order valence-corrected chi connectivity index (χ3v) is 1.86. The van der Waals surface area contributed by atoms with Crippen LogP contribution in [0.1, 0.15) is 18.2 Å². The van der Waals surface area contributed by atoms with Crippen molar-refractivity contribution in [1.82, 2.24) is 9.99 Å². The molecule has 1 heterocycles. The second kappa shape index (κ2) is 4.69. The maximum Gasteiger partial charge on any atom is 0.238 e. The Hall–Kier alpha value is -1.46. The molecule has 0 radical (unpaired) electrons. The van der Waals surface area contributed by atoms with Crippen LogP contribution in [0.3, 0.4) is 0 Å². The van der Waals surface area contributed by atoms with Crippen molar-refractivity contribution in [1.29, 1.82) is 0 Å².